The Balaban J connectivity index is 2.18. The number of aliphatic hydroxyl groups is 1. The maximum atomic E-state index is 12.4. The van der Waals surface area contributed by atoms with Crippen LogP contribution in [0, 0.1) is 0 Å². The van der Waals surface area contributed by atoms with Crippen LogP contribution in [0.5, 0.6) is 5.75 Å². The van der Waals surface area contributed by atoms with E-state index in [1.807, 2.05) is 12.1 Å². The molecule has 1 aromatic carbocycles. The summed E-state index contributed by atoms with van der Waals surface area (Å²) in [7, 11) is 1.57. The molecule has 2 rings (SSSR count). The van der Waals surface area contributed by atoms with Gasteiger partial charge in [0.25, 0.3) is 5.91 Å². The molecule has 1 fully saturated rings. The lowest BCUT2D eigenvalue weighted by Crippen LogP contribution is -2.60. The molecule has 0 aliphatic carbocycles. The molecule has 7 heteroatoms. The zero-order valence-electron chi connectivity index (χ0n) is 13.4. The highest BCUT2D eigenvalue weighted by molar-refractivity contribution is 5.88. The molecule has 1 saturated heterocycles. The van der Waals surface area contributed by atoms with Gasteiger partial charge in [0.15, 0.2) is 12.2 Å². The number of methoxy groups -OCH3 is 1. The zero-order valence-corrected chi connectivity index (χ0v) is 13.4. The Hall–Kier alpha value is -2.12. The van der Waals surface area contributed by atoms with E-state index < -0.39 is 29.7 Å². The molecule has 126 valence electrons. The Morgan fingerprint density at radius 3 is 2.57 bits per heavy atom. The number of carbonyl (C=O) groups is 2. The molecular formula is C16H21NO6. The van der Waals surface area contributed by atoms with Gasteiger partial charge in [0, 0.05) is 13.1 Å². The molecule has 1 aliphatic rings. The minimum atomic E-state index is -1.89. The first-order valence-electron chi connectivity index (χ1n) is 7.24. The summed E-state index contributed by atoms with van der Waals surface area (Å²) in [6, 6.07) is 7.23. The van der Waals surface area contributed by atoms with Gasteiger partial charge in [0.2, 0.25) is 0 Å². The number of aliphatic hydroxyl groups excluding tert-OH is 1. The lowest BCUT2D eigenvalue weighted by Gasteiger charge is -2.42. The number of morpholine rings is 1. The van der Waals surface area contributed by atoms with E-state index in [-0.39, 0.29) is 0 Å². The van der Waals surface area contributed by atoms with Gasteiger partial charge in [-0.3, -0.25) is 4.79 Å². The Morgan fingerprint density at radius 1 is 1.43 bits per heavy atom. The molecule has 0 radical (unpaired) electrons. The number of amides is 1. The maximum absolute atomic E-state index is 12.4. The van der Waals surface area contributed by atoms with E-state index in [1.54, 1.807) is 33.1 Å². The highest BCUT2D eigenvalue weighted by Crippen LogP contribution is 2.26. The highest BCUT2D eigenvalue weighted by atomic mass is 16.5. The summed E-state index contributed by atoms with van der Waals surface area (Å²) < 4.78 is 10.6. The molecule has 7 nitrogen and oxygen atoms in total. The van der Waals surface area contributed by atoms with Crippen molar-refractivity contribution in [2.75, 3.05) is 13.7 Å². The standard InChI is InChI=1S/C16H21NO6/c1-16(2)9-17(8-10-4-6-11(22-3)7-5-10)14(19)13(23-16)12(18)15(20)21/h4-7,12-13,18H,8-9H2,1-3H3,(H,20,21)/t12-,13-/m1/s1. The number of aliphatic carboxylic acids is 1. The van der Waals surface area contributed by atoms with Gasteiger partial charge >= 0.3 is 5.97 Å². The van der Waals surface area contributed by atoms with Crippen molar-refractivity contribution in [3.05, 3.63) is 29.8 Å². The number of carboxylic acids is 1. The van der Waals surface area contributed by atoms with Crippen LogP contribution in [0.25, 0.3) is 0 Å². The van der Waals surface area contributed by atoms with E-state index >= 15 is 0 Å². The largest absolute Gasteiger partial charge is 0.497 e. The van der Waals surface area contributed by atoms with Crippen LogP contribution < -0.4 is 4.74 Å². The van der Waals surface area contributed by atoms with Crippen molar-refractivity contribution in [3.8, 4) is 5.75 Å². The number of carbonyl (C=O) groups excluding carboxylic acids is 1. The average Bonchev–Trinajstić information content (AvgIpc) is 2.50. The van der Waals surface area contributed by atoms with Crippen LogP contribution in [0.4, 0.5) is 0 Å². The number of carboxylic acid groups (broad SMARTS) is 1. The van der Waals surface area contributed by atoms with Crippen molar-refractivity contribution in [3.63, 3.8) is 0 Å². The van der Waals surface area contributed by atoms with Gasteiger partial charge in [-0.2, -0.15) is 0 Å². The molecule has 0 saturated carbocycles. The van der Waals surface area contributed by atoms with E-state index in [2.05, 4.69) is 0 Å². The molecule has 2 N–H and O–H groups in total. The van der Waals surface area contributed by atoms with E-state index in [0.29, 0.717) is 18.8 Å². The van der Waals surface area contributed by atoms with Crippen LogP contribution >= 0.6 is 0 Å². The summed E-state index contributed by atoms with van der Waals surface area (Å²) in [5.74, 6) is -1.30. The monoisotopic (exact) mass is 323 g/mol. The van der Waals surface area contributed by atoms with Gasteiger partial charge < -0.3 is 24.6 Å². The van der Waals surface area contributed by atoms with Crippen molar-refractivity contribution in [2.24, 2.45) is 0 Å². The first-order valence-corrected chi connectivity index (χ1v) is 7.24. The average molecular weight is 323 g/mol. The Kier molecular flexibility index (Phi) is 4.91. The van der Waals surface area contributed by atoms with Gasteiger partial charge in [0.1, 0.15) is 5.75 Å². The quantitative estimate of drug-likeness (QED) is 0.826. The molecule has 23 heavy (non-hydrogen) atoms. The molecule has 1 aromatic rings. The molecule has 0 aromatic heterocycles. The summed E-state index contributed by atoms with van der Waals surface area (Å²) in [6.07, 6.45) is -3.30. The molecule has 0 spiro atoms. The second-order valence-corrected chi connectivity index (χ2v) is 6.12. The van der Waals surface area contributed by atoms with Crippen molar-refractivity contribution in [1.82, 2.24) is 4.90 Å². The molecule has 1 heterocycles. The van der Waals surface area contributed by atoms with Crippen LogP contribution in [-0.2, 0) is 20.9 Å². The minimum Gasteiger partial charge on any atom is -0.497 e. The summed E-state index contributed by atoms with van der Waals surface area (Å²) in [5.41, 5.74) is 0.127. The predicted molar refractivity (Wildman–Crippen MR) is 81.0 cm³/mol. The third kappa shape index (κ3) is 4.00. The minimum absolute atomic E-state index is 0.304. The Labute approximate surface area is 134 Å². The van der Waals surface area contributed by atoms with Crippen LogP contribution in [0.3, 0.4) is 0 Å². The predicted octanol–water partition coefficient (Wildman–Crippen LogP) is 0.647. The van der Waals surface area contributed by atoms with E-state index in [4.69, 9.17) is 14.6 Å². The molecule has 0 unspecified atom stereocenters. The second-order valence-electron chi connectivity index (χ2n) is 6.12. The number of benzene rings is 1. The zero-order chi connectivity index (χ0) is 17.2. The molecule has 1 aliphatic heterocycles. The second kappa shape index (κ2) is 6.55. The van der Waals surface area contributed by atoms with Crippen LogP contribution in [-0.4, -0.2) is 58.5 Å². The van der Waals surface area contributed by atoms with Crippen molar-refractivity contribution >= 4 is 11.9 Å². The van der Waals surface area contributed by atoms with Crippen LogP contribution in [0.2, 0.25) is 0 Å². The summed E-state index contributed by atoms with van der Waals surface area (Å²) in [6.45, 7) is 4.11. The first-order chi connectivity index (χ1) is 10.7. The van der Waals surface area contributed by atoms with Crippen LogP contribution in [0.1, 0.15) is 19.4 Å². The molecule has 0 bridgehead atoms. The van der Waals surface area contributed by atoms with Crippen molar-refractivity contribution in [2.45, 2.75) is 38.2 Å². The number of ether oxygens (including phenoxy) is 2. The maximum Gasteiger partial charge on any atom is 0.335 e. The van der Waals surface area contributed by atoms with E-state index in [1.165, 1.54) is 4.90 Å². The van der Waals surface area contributed by atoms with Gasteiger partial charge in [0.05, 0.1) is 12.7 Å². The lowest BCUT2D eigenvalue weighted by molar-refractivity contribution is -0.198. The normalized spacial score (nSPS) is 21.8. The molecular weight excluding hydrogens is 302 g/mol. The fourth-order valence-corrected chi connectivity index (χ4v) is 2.56. The molecule has 1 amide bonds. The van der Waals surface area contributed by atoms with Gasteiger partial charge in [-0.1, -0.05) is 12.1 Å². The SMILES string of the molecule is COc1ccc(CN2CC(C)(C)O[C@H]([C@@H](O)C(=O)O)C2=O)cc1. The smallest absolute Gasteiger partial charge is 0.335 e. The molecule has 2 atom stereocenters. The fourth-order valence-electron chi connectivity index (χ4n) is 2.56. The topological polar surface area (TPSA) is 96.3 Å². The number of nitrogens with zero attached hydrogens (tertiary/aromatic N) is 1. The Bertz CT molecular complexity index is 583. The number of hydrogen-bond acceptors (Lipinski definition) is 5. The summed E-state index contributed by atoms with van der Waals surface area (Å²) in [4.78, 5) is 24.9. The van der Waals surface area contributed by atoms with Crippen molar-refractivity contribution in [1.29, 1.82) is 0 Å². The summed E-state index contributed by atoms with van der Waals surface area (Å²) >= 11 is 0. The van der Waals surface area contributed by atoms with E-state index in [9.17, 15) is 14.7 Å². The summed E-state index contributed by atoms with van der Waals surface area (Å²) in [5, 5.41) is 18.7. The van der Waals surface area contributed by atoms with Crippen LogP contribution in [0.15, 0.2) is 24.3 Å². The Morgan fingerprint density at radius 2 is 2.04 bits per heavy atom. The van der Waals surface area contributed by atoms with Gasteiger partial charge in [-0.15, -0.1) is 0 Å². The van der Waals surface area contributed by atoms with Crippen molar-refractivity contribution < 1.29 is 29.3 Å². The number of hydrogen-bond donors (Lipinski definition) is 2. The first kappa shape index (κ1) is 17.2. The van der Waals surface area contributed by atoms with Gasteiger partial charge in [-0.25, -0.2) is 4.79 Å². The van der Waals surface area contributed by atoms with Gasteiger partial charge in [-0.05, 0) is 31.5 Å². The third-order valence-electron chi connectivity index (χ3n) is 3.64. The third-order valence-corrected chi connectivity index (χ3v) is 3.64. The number of rotatable bonds is 5. The lowest BCUT2D eigenvalue weighted by atomic mass is 10.0. The highest BCUT2D eigenvalue weighted by Gasteiger charge is 2.45. The fraction of sp³-hybridized carbons (Fsp3) is 0.500. The van der Waals surface area contributed by atoms with E-state index in [0.717, 1.165) is 5.56 Å².